The summed E-state index contributed by atoms with van der Waals surface area (Å²) in [5.41, 5.74) is 3.87. The molecular weight excluding hydrogens is 469 g/mol. The quantitative estimate of drug-likeness (QED) is 0.484. The number of carboxylic acids is 1. The van der Waals surface area contributed by atoms with Crippen LogP contribution in [0.1, 0.15) is 110 Å². The summed E-state index contributed by atoms with van der Waals surface area (Å²) in [6, 6.07) is 6.79. The van der Waals surface area contributed by atoms with Crippen molar-refractivity contribution in [3.63, 3.8) is 0 Å². The SMILES string of the molecule is O=C(N[C@H]1C2CCC(C2)[C@H]1C(=O)O)c1nn(C2CCCCC2)c2c1CCCCC2Cc1ccc(F)cc1. The minimum atomic E-state index is -0.788. The van der Waals surface area contributed by atoms with Crippen LogP contribution < -0.4 is 5.32 Å². The second kappa shape index (κ2) is 10.2. The highest BCUT2D eigenvalue weighted by Gasteiger charge is 2.52. The van der Waals surface area contributed by atoms with E-state index in [2.05, 4.69) is 10.00 Å². The van der Waals surface area contributed by atoms with Gasteiger partial charge in [0.05, 0.1) is 12.0 Å². The summed E-state index contributed by atoms with van der Waals surface area (Å²) in [5.74, 6) is -1.05. The zero-order valence-electron chi connectivity index (χ0n) is 21.5. The van der Waals surface area contributed by atoms with Crippen molar-refractivity contribution in [1.82, 2.24) is 15.1 Å². The predicted molar refractivity (Wildman–Crippen MR) is 138 cm³/mol. The Labute approximate surface area is 218 Å². The van der Waals surface area contributed by atoms with Crippen molar-refractivity contribution < 1.29 is 19.1 Å². The van der Waals surface area contributed by atoms with Gasteiger partial charge in [-0.15, -0.1) is 0 Å². The lowest BCUT2D eigenvalue weighted by Crippen LogP contribution is -2.47. The third-order valence-corrected chi connectivity index (χ3v) is 9.70. The molecule has 3 unspecified atom stereocenters. The monoisotopic (exact) mass is 507 g/mol. The van der Waals surface area contributed by atoms with Crippen LogP contribution in [0.3, 0.4) is 0 Å². The largest absolute Gasteiger partial charge is 0.481 e. The molecule has 4 aliphatic rings. The first-order chi connectivity index (χ1) is 18.0. The molecule has 3 fully saturated rings. The lowest BCUT2D eigenvalue weighted by atomic mass is 9.84. The minimum absolute atomic E-state index is 0.171. The summed E-state index contributed by atoms with van der Waals surface area (Å²) in [6.45, 7) is 0. The van der Waals surface area contributed by atoms with Gasteiger partial charge in [-0.2, -0.15) is 5.10 Å². The Morgan fingerprint density at radius 2 is 1.70 bits per heavy atom. The summed E-state index contributed by atoms with van der Waals surface area (Å²) in [6.07, 6.45) is 13.3. The van der Waals surface area contributed by atoms with Crippen molar-refractivity contribution in [2.24, 2.45) is 17.8 Å². The molecular formula is C30H38FN3O3. The van der Waals surface area contributed by atoms with Gasteiger partial charge in [0.25, 0.3) is 5.91 Å². The Hall–Kier alpha value is -2.70. The van der Waals surface area contributed by atoms with E-state index in [-0.39, 0.29) is 35.5 Å². The van der Waals surface area contributed by atoms with Gasteiger partial charge in [0.1, 0.15) is 5.82 Å². The first kappa shape index (κ1) is 24.6. The Bertz CT molecular complexity index is 1150. The number of rotatable bonds is 6. The molecule has 2 N–H and O–H groups in total. The molecule has 6 nitrogen and oxygen atoms in total. The Kier molecular flexibility index (Phi) is 6.80. The van der Waals surface area contributed by atoms with E-state index in [0.29, 0.717) is 11.7 Å². The van der Waals surface area contributed by atoms with E-state index in [1.165, 1.54) is 37.1 Å². The molecule has 1 amide bonds. The number of fused-ring (bicyclic) bond motifs is 3. The number of halogens is 1. The van der Waals surface area contributed by atoms with E-state index in [0.717, 1.165) is 75.3 Å². The number of carboxylic acid groups (broad SMARTS) is 1. The molecule has 5 atom stereocenters. The van der Waals surface area contributed by atoms with E-state index in [9.17, 15) is 19.1 Å². The van der Waals surface area contributed by atoms with E-state index < -0.39 is 11.9 Å². The van der Waals surface area contributed by atoms with Gasteiger partial charge in [-0.1, -0.05) is 37.8 Å². The fraction of sp³-hybridized carbons (Fsp3) is 0.633. The Balaban J connectivity index is 1.35. The molecule has 0 radical (unpaired) electrons. The van der Waals surface area contributed by atoms with E-state index in [1.807, 2.05) is 12.1 Å². The third kappa shape index (κ3) is 4.70. The number of nitrogens with zero attached hydrogens (tertiary/aromatic N) is 2. The molecule has 6 rings (SSSR count). The van der Waals surface area contributed by atoms with Gasteiger partial charge in [-0.3, -0.25) is 14.3 Å². The smallest absolute Gasteiger partial charge is 0.308 e. The highest BCUT2D eigenvalue weighted by Crippen LogP contribution is 2.49. The summed E-state index contributed by atoms with van der Waals surface area (Å²) < 4.78 is 15.8. The first-order valence-corrected chi connectivity index (χ1v) is 14.4. The van der Waals surface area contributed by atoms with Gasteiger partial charge >= 0.3 is 5.97 Å². The van der Waals surface area contributed by atoms with Gasteiger partial charge in [0.15, 0.2) is 5.69 Å². The molecule has 4 aliphatic carbocycles. The molecule has 0 spiro atoms. The summed E-state index contributed by atoms with van der Waals surface area (Å²) in [5, 5.41) is 18.1. The number of carbonyl (C=O) groups excluding carboxylic acids is 1. The minimum Gasteiger partial charge on any atom is -0.481 e. The second-order valence-electron chi connectivity index (χ2n) is 11.9. The van der Waals surface area contributed by atoms with Gasteiger partial charge in [0, 0.05) is 23.2 Å². The summed E-state index contributed by atoms with van der Waals surface area (Å²) >= 11 is 0. The molecule has 198 valence electrons. The van der Waals surface area contributed by atoms with Crippen LogP contribution in [-0.2, 0) is 17.6 Å². The average Bonchev–Trinajstić information content (AvgIpc) is 3.57. The lowest BCUT2D eigenvalue weighted by molar-refractivity contribution is -0.144. The van der Waals surface area contributed by atoms with Gasteiger partial charge in [0.2, 0.25) is 0 Å². The maximum absolute atomic E-state index is 13.8. The zero-order chi connectivity index (χ0) is 25.5. The van der Waals surface area contributed by atoms with Crippen molar-refractivity contribution in [2.45, 2.75) is 101 Å². The van der Waals surface area contributed by atoms with Crippen LogP contribution in [0.25, 0.3) is 0 Å². The normalized spacial score (nSPS) is 29.6. The molecule has 1 aromatic heterocycles. The average molecular weight is 508 g/mol. The van der Waals surface area contributed by atoms with Crippen LogP contribution in [0.4, 0.5) is 4.39 Å². The van der Waals surface area contributed by atoms with E-state index >= 15 is 0 Å². The molecule has 3 saturated carbocycles. The van der Waals surface area contributed by atoms with E-state index in [4.69, 9.17) is 5.10 Å². The number of carbonyl (C=O) groups is 2. The topological polar surface area (TPSA) is 84.2 Å². The van der Waals surface area contributed by atoms with Crippen LogP contribution in [0.2, 0.25) is 0 Å². The molecule has 2 aromatic rings. The van der Waals surface area contributed by atoms with Crippen molar-refractivity contribution >= 4 is 11.9 Å². The fourth-order valence-corrected chi connectivity index (χ4v) is 7.95. The van der Waals surface area contributed by atoms with Crippen LogP contribution in [0.5, 0.6) is 0 Å². The van der Waals surface area contributed by atoms with Crippen LogP contribution in [0.15, 0.2) is 24.3 Å². The summed E-state index contributed by atoms with van der Waals surface area (Å²) in [7, 11) is 0. The molecule has 2 bridgehead atoms. The maximum Gasteiger partial charge on any atom is 0.308 e. The highest BCUT2D eigenvalue weighted by atomic mass is 19.1. The Morgan fingerprint density at radius 3 is 2.46 bits per heavy atom. The molecule has 7 heteroatoms. The van der Waals surface area contributed by atoms with Gasteiger partial charge in [-0.25, -0.2) is 4.39 Å². The van der Waals surface area contributed by atoms with Crippen LogP contribution >= 0.6 is 0 Å². The zero-order valence-corrected chi connectivity index (χ0v) is 21.5. The van der Waals surface area contributed by atoms with Crippen molar-refractivity contribution in [1.29, 1.82) is 0 Å². The van der Waals surface area contributed by atoms with Crippen molar-refractivity contribution in [3.8, 4) is 0 Å². The summed E-state index contributed by atoms with van der Waals surface area (Å²) in [4.78, 5) is 25.9. The predicted octanol–water partition coefficient (Wildman–Crippen LogP) is 5.81. The number of aromatic nitrogens is 2. The van der Waals surface area contributed by atoms with Crippen molar-refractivity contribution in [2.75, 3.05) is 0 Å². The molecule has 0 saturated heterocycles. The lowest BCUT2D eigenvalue weighted by Gasteiger charge is -2.28. The van der Waals surface area contributed by atoms with Gasteiger partial charge in [-0.05, 0) is 87.3 Å². The van der Waals surface area contributed by atoms with E-state index in [1.54, 1.807) is 0 Å². The Morgan fingerprint density at radius 1 is 0.973 bits per heavy atom. The second-order valence-corrected chi connectivity index (χ2v) is 11.9. The number of hydrogen-bond acceptors (Lipinski definition) is 3. The number of hydrogen-bond donors (Lipinski definition) is 2. The number of aliphatic carboxylic acids is 1. The van der Waals surface area contributed by atoms with Crippen LogP contribution in [0, 0.1) is 23.6 Å². The molecule has 1 heterocycles. The van der Waals surface area contributed by atoms with Gasteiger partial charge < -0.3 is 10.4 Å². The third-order valence-electron chi connectivity index (χ3n) is 9.70. The fourth-order valence-electron chi connectivity index (χ4n) is 7.95. The van der Waals surface area contributed by atoms with Crippen LogP contribution in [-0.4, -0.2) is 32.8 Å². The molecule has 1 aromatic carbocycles. The number of benzene rings is 1. The molecule has 0 aliphatic heterocycles. The highest BCUT2D eigenvalue weighted by molar-refractivity contribution is 5.94. The first-order valence-electron chi connectivity index (χ1n) is 14.4. The molecule has 37 heavy (non-hydrogen) atoms. The standard InChI is InChI=1S/C30H38FN3O3/c31-22-14-10-18(11-15-22)16-21-6-4-5-9-24-27(33-34(28(21)24)23-7-2-1-3-8-23)29(35)32-26-20-13-12-19(17-20)25(26)30(36)37/h10-11,14-15,19-21,23,25-26H,1-9,12-13,16-17H2,(H,32,35)(H,36,37)/t19?,20?,21?,25-,26+/m1/s1. The number of amides is 1. The number of nitrogens with one attached hydrogen (secondary N) is 1. The van der Waals surface area contributed by atoms with Crippen molar-refractivity contribution in [3.05, 3.63) is 52.6 Å². The maximum atomic E-state index is 13.8.